The van der Waals surface area contributed by atoms with Crippen LogP contribution in [0.15, 0.2) is 16.7 Å². The normalized spacial score (nSPS) is 10.1. The molecule has 0 saturated carbocycles. The fraction of sp³-hybridized carbons (Fsp3) is 0.286. The number of hydrogen-bond donors (Lipinski definition) is 0. The molecule has 0 fully saturated rings. The van der Waals surface area contributed by atoms with Crippen molar-refractivity contribution in [2.24, 2.45) is 0 Å². The highest BCUT2D eigenvalue weighted by Gasteiger charge is 2.03. The smallest absolute Gasteiger partial charge is 0.0896 e. The molecule has 1 heterocycles. The molecule has 0 aliphatic heterocycles. The Balaban J connectivity index is 2.96. The Kier molecular flexibility index (Phi) is 3.30. The van der Waals surface area contributed by atoms with Gasteiger partial charge in [-0.15, -0.1) is 0 Å². The molecule has 0 aliphatic carbocycles. The van der Waals surface area contributed by atoms with E-state index in [1.807, 2.05) is 0 Å². The summed E-state index contributed by atoms with van der Waals surface area (Å²) >= 11 is 9.11. The molecule has 4 heteroatoms. The van der Waals surface area contributed by atoms with Gasteiger partial charge >= 0.3 is 0 Å². The molecule has 1 aromatic heterocycles. The second-order valence-corrected chi connectivity index (χ2v) is 3.19. The number of aromatic nitrogens is 1. The summed E-state index contributed by atoms with van der Waals surface area (Å²) in [6.07, 6.45) is 1.65. The van der Waals surface area contributed by atoms with E-state index in [2.05, 4.69) is 20.9 Å². The third-order valence-electron chi connectivity index (χ3n) is 1.20. The van der Waals surface area contributed by atoms with Gasteiger partial charge < -0.3 is 4.74 Å². The van der Waals surface area contributed by atoms with Gasteiger partial charge in [0.05, 0.1) is 21.8 Å². The fourth-order valence-corrected chi connectivity index (χ4v) is 1.21. The van der Waals surface area contributed by atoms with Gasteiger partial charge in [0, 0.05) is 13.3 Å². The molecule has 0 spiro atoms. The largest absolute Gasteiger partial charge is 0.378 e. The lowest BCUT2D eigenvalue weighted by Crippen LogP contribution is -1.93. The Morgan fingerprint density at radius 1 is 1.73 bits per heavy atom. The van der Waals surface area contributed by atoms with Gasteiger partial charge in [-0.25, -0.2) is 0 Å². The second-order valence-electron chi connectivity index (χ2n) is 1.99. The Morgan fingerprint density at radius 3 is 3.09 bits per heavy atom. The van der Waals surface area contributed by atoms with Crippen LogP contribution in [0, 0.1) is 0 Å². The lowest BCUT2D eigenvalue weighted by Gasteiger charge is -2.02. The summed E-state index contributed by atoms with van der Waals surface area (Å²) in [5.74, 6) is 0. The molecular weight excluding hydrogens is 229 g/mol. The van der Waals surface area contributed by atoms with Crippen LogP contribution in [0.3, 0.4) is 0 Å². The third kappa shape index (κ3) is 2.15. The Hall–Kier alpha value is -0.120. The van der Waals surface area contributed by atoms with Gasteiger partial charge in [0.25, 0.3) is 0 Å². The summed E-state index contributed by atoms with van der Waals surface area (Å²) in [5.41, 5.74) is 0.819. The van der Waals surface area contributed by atoms with E-state index in [1.165, 1.54) is 0 Å². The van der Waals surface area contributed by atoms with Crippen LogP contribution in [0.4, 0.5) is 0 Å². The van der Waals surface area contributed by atoms with Crippen LogP contribution in [0.1, 0.15) is 5.69 Å². The predicted octanol–water partition coefficient (Wildman–Crippen LogP) is 2.64. The van der Waals surface area contributed by atoms with Gasteiger partial charge in [0.1, 0.15) is 0 Å². The molecule has 0 unspecified atom stereocenters. The number of pyridine rings is 1. The highest BCUT2D eigenvalue weighted by molar-refractivity contribution is 9.10. The van der Waals surface area contributed by atoms with Crippen molar-refractivity contribution in [2.45, 2.75) is 6.61 Å². The van der Waals surface area contributed by atoms with Crippen molar-refractivity contribution in [1.82, 2.24) is 4.98 Å². The maximum Gasteiger partial charge on any atom is 0.0896 e. The van der Waals surface area contributed by atoms with E-state index in [-0.39, 0.29) is 0 Å². The van der Waals surface area contributed by atoms with Crippen LogP contribution in [-0.4, -0.2) is 12.1 Å². The van der Waals surface area contributed by atoms with E-state index < -0.39 is 0 Å². The first-order valence-electron chi connectivity index (χ1n) is 3.03. The van der Waals surface area contributed by atoms with Crippen molar-refractivity contribution >= 4 is 27.5 Å². The molecular formula is C7H7BrClNO. The molecule has 0 saturated heterocycles. The summed E-state index contributed by atoms with van der Waals surface area (Å²) in [6.45, 7) is 0.473. The maximum atomic E-state index is 5.81. The maximum absolute atomic E-state index is 5.81. The third-order valence-corrected chi connectivity index (χ3v) is 2.62. The highest BCUT2D eigenvalue weighted by atomic mass is 79.9. The van der Waals surface area contributed by atoms with Crippen molar-refractivity contribution < 1.29 is 4.74 Å². The number of hydrogen-bond acceptors (Lipinski definition) is 2. The highest BCUT2D eigenvalue weighted by Crippen LogP contribution is 2.24. The molecule has 1 aromatic rings. The first kappa shape index (κ1) is 8.97. The summed E-state index contributed by atoms with van der Waals surface area (Å²) in [7, 11) is 1.62. The van der Waals surface area contributed by atoms with Crippen LogP contribution in [0.5, 0.6) is 0 Å². The van der Waals surface area contributed by atoms with Crippen molar-refractivity contribution in [1.29, 1.82) is 0 Å². The summed E-state index contributed by atoms with van der Waals surface area (Å²) < 4.78 is 5.72. The average molecular weight is 236 g/mol. The van der Waals surface area contributed by atoms with Gasteiger partial charge in [0.15, 0.2) is 0 Å². The topological polar surface area (TPSA) is 22.1 Å². The molecule has 0 aromatic carbocycles. The molecule has 0 N–H and O–H groups in total. The van der Waals surface area contributed by atoms with Gasteiger partial charge in [-0.05, 0) is 22.0 Å². The zero-order valence-electron chi connectivity index (χ0n) is 5.97. The van der Waals surface area contributed by atoms with Gasteiger partial charge in [-0.1, -0.05) is 11.6 Å². The molecule has 0 amide bonds. The Bertz CT molecular complexity index is 254. The number of methoxy groups -OCH3 is 1. The Labute approximate surface area is 78.7 Å². The van der Waals surface area contributed by atoms with E-state index in [1.54, 1.807) is 19.4 Å². The minimum Gasteiger partial charge on any atom is -0.378 e. The van der Waals surface area contributed by atoms with Gasteiger partial charge in [-0.3, -0.25) is 4.98 Å². The molecule has 60 valence electrons. The zero-order valence-corrected chi connectivity index (χ0v) is 8.32. The number of nitrogens with zero attached hydrogens (tertiary/aromatic N) is 1. The van der Waals surface area contributed by atoms with Crippen LogP contribution >= 0.6 is 27.5 Å². The van der Waals surface area contributed by atoms with Crippen LogP contribution in [0.2, 0.25) is 5.02 Å². The SMILES string of the molecule is COCc1nccc(Cl)c1Br. The zero-order chi connectivity index (χ0) is 8.27. The molecule has 0 bridgehead atoms. The van der Waals surface area contributed by atoms with Gasteiger partial charge in [-0.2, -0.15) is 0 Å². The molecule has 1 rings (SSSR count). The van der Waals surface area contributed by atoms with Crippen molar-refractivity contribution in [3.8, 4) is 0 Å². The van der Waals surface area contributed by atoms with E-state index in [0.717, 1.165) is 10.2 Å². The van der Waals surface area contributed by atoms with E-state index >= 15 is 0 Å². The Morgan fingerprint density at radius 2 is 2.45 bits per heavy atom. The number of ether oxygens (including phenoxy) is 1. The first-order chi connectivity index (χ1) is 5.25. The fourth-order valence-electron chi connectivity index (χ4n) is 0.698. The molecule has 0 aliphatic rings. The first-order valence-corrected chi connectivity index (χ1v) is 4.20. The monoisotopic (exact) mass is 235 g/mol. The molecule has 11 heavy (non-hydrogen) atoms. The quantitative estimate of drug-likeness (QED) is 0.787. The minimum atomic E-state index is 0.473. The molecule has 2 nitrogen and oxygen atoms in total. The summed E-state index contributed by atoms with van der Waals surface area (Å²) in [6, 6.07) is 1.73. The summed E-state index contributed by atoms with van der Waals surface area (Å²) in [4.78, 5) is 4.07. The van der Waals surface area contributed by atoms with Crippen LogP contribution in [0.25, 0.3) is 0 Å². The predicted molar refractivity (Wildman–Crippen MR) is 47.7 cm³/mol. The number of halogens is 2. The van der Waals surface area contributed by atoms with E-state index in [0.29, 0.717) is 11.6 Å². The average Bonchev–Trinajstić information content (AvgIpc) is 1.99. The van der Waals surface area contributed by atoms with Crippen LogP contribution in [-0.2, 0) is 11.3 Å². The standard InChI is InChI=1S/C7H7BrClNO/c1-11-4-6-7(8)5(9)2-3-10-6/h2-3H,4H2,1H3. The number of rotatable bonds is 2. The lowest BCUT2D eigenvalue weighted by molar-refractivity contribution is 0.181. The molecule has 0 radical (unpaired) electrons. The van der Waals surface area contributed by atoms with Crippen molar-refractivity contribution in [2.75, 3.05) is 7.11 Å². The summed E-state index contributed by atoms with van der Waals surface area (Å²) in [5, 5.41) is 0.659. The second kappa shape index (κ2) is 4.04. The van der Waals surface area contributed by atoms with Crippen molar-refractivity contribution in [3.05, 3.63) is 27.5 Å². The van der Waals surface area contributed by atoms with Crippen molar-refractivity contribution in [3.63, 3.8) is 0 Å². The van der Waals surface area contributed by atoms with Gasteiger partial charge in [0.2, 0.25) is 0 Å². The van der Waals surface area contributed by atoms with Crippen LogP contribution < -0.4 is 0 Å². The van der Waals surface area contributed by atoms with E-state index in [4.69, 9.17) is 16.3 Å². The molecule has 0 atom stereocenters. The van der Waals surface area contributed by atoms with E-state index in [9.17, 15) is 0 Å². The lowest BCUT2D eigenvalue weighted by atomic mass is 10.4. The minimum absolute atomic E-state index is 0.473.